The molecule has 2 saturated heterocycles. The summed E-state index contributed by atoms with van der Waals surface area (Å²) in [7, 11) is -3.72. The molecule has 2 aliphatic rings. The number of carbonyl (C=O) groups excluding carboxylic acids is 2. The molecule has 2 fully saturated rings. The maximum Gasteiger partial charge on any atom is 0.253 e. The lowest BCUT2D eigenvalue weighted by atomic mass is 10.2. The maximum absolute atomic E-state index is 12.9. The Bertz CT molecular complexity index is 878. The molecule has 0 spiro atoms. The van der Waals surface area contributed by atoms with Crippen molar-refractivity contribution in [1.29, 1.82) is 0 Å². The van der Waals surface area contributed by atoms with Crippen molar-refractivity contribution >= 4 is 21.8 Å². The van der Waals surface area contributed by atoms with Gasteiger partial charge in [0.25, 0.3) is 5.91 Å². The summed E-state index contributed by atoms with van der Waals surface area (Å²) < 4.78 is 33.3. The maximum atomic E-state index is 12.9. The Morgan fingerprint density at radius 2 is 1.97 bits per heavy atom. The summed E-state index contributed by atoms with van der Waals surface area (Å²) in [6.07, 6.45) is 3.68. The first-order valence-electron chi connectivity index (χ1n) is 11.4. The molecule has 10 heteroatoms. The molecule has 32 heavy (non-hydrogen) atoms. The number of unbranched alkanes of at least 4 members (excludes halogenated alkanes) is 1. The number of benzene rings is 1. The molecule has 1 aromatic rings. The number of hydrogen-bond acceptors (Lipinski definition) is 6. The van der Waals surface area contributed by atoms with Crippen LogP contribution in [0.3, 0.4) is 0 Å². The first kappa shape index (κ1) is 24.6. The smallest absolute Gasteiger partial charge is 0.253 e. The van der Waals surface area contributed by atoms with Crippen LogP contribution in [0.4, 0.5) is 0 Å². The van der Waals surface area contributed by atoms with Crippen molar-refractivity contribution in [3.05, 3.63) is 29.8 Å². The minimum Gasteiger partial charge on any atom is -0.377 e. The predicted molar refractivity (Wildman–Crippen MR) is 121 cm³/mol. The number of amides is 2. The zero-order valence-corrected chi connectivity index (χ0v) is 19.5. The molecule has 3 rings (SSSR count). The van der Waals surface area contributed by atoms with Crippen LogP contribution in [0.5, 0.6) is 0 Å². The zero-order chi connectivity index (χ0) is 23.0. The molecular weight excluding hydrogens is 432 g/mol. The highest BCUT2D eigenvalue weighted by Gasteiger charge is 2.25. The van der Waals surface area contributed by atoms with Crippen LogP contribution >= 0.6 is 0 Å². The van der Waals surface area contributed by atoms with E-state index < -0.39 is 10.0 Å². The van der Waals surface area contributed by atoms with Crippen LogP contribution in [0.2, 0.25) is 0 Å². The molecule has 1 unspecified atom stereocenters. The molecule has 178 valence electrons. The SMILES string of the molecule is CCCCNC(=O)CN1CCN(C(=O)c2cccc(S(=O)(=O)NCC3CCCO3)c2)CC1. The van der Waals surface area contributed by atoms with E-state index in [2.05, 4.69) is 17.0 Å². The molecule has 0 aromatic heterocycles. The van der Waals surface area contributed by atoms with Crippen LogP contribution < -0.4 is 10.0 Å². The van der Waals surface area contributed by atoms with Crippen LogP contribution in [0.1, 0.15) is 43.0 Å². The molecule has 1 aromatic carbocycles. The highest BCUT2D eigenvalue weighted by atomic mass is 32.2. The van der Waals surface area contributed by atoms with Gasteiger partial charge in [0.2, 0.25) is 15.9 Å². The molecule has 0 saturated carbocycles. The van der Waals surface area contributed by atoms with E-state index in [1.54, 1.807) is 17.0 Å². The number of rotatable bonds is 10. The fraction of sp³-hybridized carbons (Fsp3) is 0.636. The highest BCUT2D eigenvalue weighted by molar-refractivity contribution is 7.89. The Balaban J connectivity index is 1.52. The van der Waals surface area contributed by atoms with Gasteiger partial charge in [-0.05, 0) is 37.5 Å². The lowest BCUT2D eigenvalue weighted by Gasteiger charge is -2.34. The van der Waals surface area contributed by atoms with E-state index in [-0.39, 0.29) is 29.4 Å². The van der Waals surface area contributed by atoms with E-state index in [0.717, 1.165) is 25.7 Å². The summed E-state index contributed by atoms with van der Waals surface area (Å²) in [4.78, 5) is 28.7. The Hall–Kier alpha value is -2.01. The first-order valence-corrected chi connectivity index (χ1v) is 12.9. The minimum absolute atomic E-state index is 0.00615. The fourth-order valence-electron chi connectivity index (χ4n) is 3.84. The molecule has 0 bridgehead atoms. The van der Waals surface area contributed by atoms with Crippen molar-refractivity contribution in [3.8, 4) is 0 Å². The van der Waals surface area contributed by atoms with E-state index in [0.29, 0.717) is 51.4 Å². The van der Waals surface area contributed by atoms with E-state index in [4.69, 9.17) is 4.74 Å². The normalized spacial score (nSPS) is 19.8. The van der Waals surface area contributed by atoms with Gasteiger partial charge in [0.05, 0.1) is 17.5 Å². The topological polar surface area (TPSA) is 108 Å². The standard InChI is InChI=1S/C22H34N4O5S/c1-2-3-9-23-21(27)17-25-10-12-26(13-11-25)22(28)18-6-4-8-20(15-18)32(29,30)24-16-19-7-5-14-31-19/h4,6,8,15,19,24H,2-3,5,7,9-14,16-17H2,1H3,(H,23,27). The van der Waals surface area contributed by atoms with E-state index in [1.165, 1.54) is 12.1 Å². The number of piperazine rings is 1. The number of nitrogens with zero attached hydrogens (tertiary/aromatic N) is 2. The van der Waals surface area contributed by atoms with Gasteiger partial charge in [-0.2, -0.15) is 0 Å². The molecule has 2 amide bonds. The van der Waals surface area contributed by atoms with Crippen LogP contribution in [-0.4, -0.2) is 88.6 Å². The Morgan fingerprint density at radius 1 is 1.19 bits per heavy atom. The molecule has 2 heterocycles. The van der Waals surface area contributed by atoms with Gasteiger partial charge < -0.3 is 15.0 Å². The third-order valence-corrected chi connectivity index (χ3v) is 7.22. The number of carbonyl (C=O) groups is 2. The first-order chi connectivity index (χ1) is 15.4. The Kier molecular flexibility index (Phi) is 9.03. The molecule has 0 aliphatic carbocycles. The van der Waals surface area contributed by atoms with Gasteiger partial charge in [-0.25, -0.2) is 13.1 Å². The lowest BCUT2D eigenvalue weighted by Crippen LogP contribution is -2.51. The van der Waals surface area contributed by atoms with Crippen LogP contribution in [0.15, 0.2) is 29.2 Å². The Morgan fingerprint density at radius 3 is 2.66 bits per heavy atom. The highest BCUT2D eigenvalue weighted by Crippen LogP contribution is 2.16. The van der Waals surface area contributed by atoms with Crippen molar-refractivity contribution in [2.45, 2.75) is 43.6 Å². The summed E-state index contributed by atoms with van der Waals surface area (Å²) in [5.74, 6) is -0.195. The molecule has 9 nitrogen and oxygen atoms in total. The van der Waals surface area contributed by atoms with Gasteiger partial charge in [-0.1, -0.05) is 19.4 Å². The van der Waals surface area contributed by atoms with E-state index in [1.807, 2.05) is 4.90 Å². The van der Waals surface area contributed by atoms with Crippen LogP contribution in [0, 0.1) is 0 Å². The number of nitrogens with one attached hydrogen (secondary N) is 2. The lowest BCUT2D eigenvalue weighted by molar-refractivity contribution is -0.122. The zero-order valence-electron chi connectivity index (χ0n) is 18.7. The minimum atomic E-state index is -3.72. The quantitative estimate of drug-likeness (QED) is 0.494. The van der Waals surface area contributed by atoms with E-state index >= 15 is 0 Å². The van der Waals surface area contributed by atoms with Crippen molar-refractivity contribution in [2.75, 3.05) is 52.4 Å². The molecule has 2 aliphatic heterocycles. The third-order valence-electron chi connectivity index (χ3n) is 5.80. The van der Waals surface area contributed by atoms with E-state index in [9.17, 15) is 18.0 Å². The third kappa shape index (κ3) is 6.99. The van der Waals surface area contributed by atoms with Crippen molar-refractivity contribution in [3.63, 3.8) is 0 Å². The summed E-state index contributed by atoms with van der Waals surface area (Å²) >= 11 is 0. The monoisotopic (exact) mass is 466 g/mol. The van der Waals surface area contributed by atoms with Crippen molar-refractivity contribution in [2.24, 2.45) is 0 Å². The summed E-state index contributed by atoms with van der Waals surface area (Å²) in [5, 5.41) is 2.91. The van der Waals surface area contributed by atoms with Crippen molar-refractivity contribution < 1.29 is 22.7 Å². The molecule has 2 N–H and O–H groups in total. The fourth-order valence-corrected chi connectivity index (χ4v) is 4.95. The largest absolute Gasteiger partial charge is 0.377 e. The molecule has 0 radical (unpaired) electrons. The van der Waals surface area contributed by atoms with Gasteiger partial charge in [-0.3, -0.25) is 14.5 Å². The van der Waals surface area contributed by atoms with Gasteiger partial charge >= 0.3 is 0 Å². The van der Waals surface area contributed by atoms with Crippen LogP contribution in [-0.2, 0) is 19.6 Å². The van der Waals surface area contributed by atoms with Gasteiger partial charge in [-0.15, -0.1) is 0 Å². The average molecular weight is 467 g/mol. The van der Waals surface area contributed by atoms with Crippen LogP contribution in [0.25, 0.3) is 0 Å². The average Bonchev–Trinajstić information content (AvgIpc) is 3.32. The second-order valence-electron chi connectivity index (χ2n) is 8.29. The number of hydrogen-bond donors (Lipinski definition) is 2. The predicted octanol–water partition coefficient (Wildman–Crippen LogP) is 0.818. The molecule has 1 atom stereocenters. The Labute approximate surface area is 190 Å². The number of sulfonamides is 1. The molecular formula is C22H34N4O5S. The summed E-state index contributed by atoms with van der Waals surface area (Å²) in [6, 6.07) is 6.14. The van der Waals surface area contributed by atoms with Gasteiger partial charge in [0, 0.05) is 51.4 Å². The van der Waals surface area contributed by atoms with Crippen molar-refractivity contribution in [1.82, 2.24) is 19.8 Å². The van der Waals surface area contributed by atoms with Gasteiger partial charge in [0.15, 0.2) is 0 Å². The second-order valence-corrected chi connectivity index (χ2v) is 10.1. The van der Waals surface area contributed by atoms with Gasteiger partial charge in [0.1, 0.15) is 0 Å². The second kappa shape index (κ2) is 11.7. The summed E-state index contributed by atoms with van der Waals surface area (Å²) in [6.45, 7) is 6.19. The summed E-state index contributed by atoms with van der Waals surface area (Å²) in [5.41, 5.74) is 0.343. The number of ether oxygens (including phenoxy) is 1.